The number of nitrogens with two attached hydrogens (primary N) is 1. The Morgan fingerprint density at radius 3 is 2.79 bits per heavy atom. The molecule has 1 aliphatic rings. The van der Waals surface area contributed by atoms with Crippen molar-refractivity contribution in [2.75, 3.05) is 24.2 Å². The monoisotopic (exact) mass is 265 g/mol. The first-order valence-corrected chi connectivity index (χ1v) is 6.98. The molecular weight excluding hydrogens is 242 g/mol. The predicted octanol–water partition coefficient (Wildman–Crippen LogP) is 2.17. The third-order valence-electron chi connectivity index (χ3n) is 3.55. The van der Waals surface area contributed by atoms with Gasteiger partial charge in [-0.25, -0.2) is 0 Å². The van der Waals surface area contributed by atoms with Gasteiger partial charge in [0.25, 0.3) is 0 Å². The second kappa shape index (κ2) is 6.10. The summed E-state index contributed by atoms with van der Waals surface area (Å²) in [6.45, 7) is 2.95. The number of hydrogen-bond donors (Lipinski definition) is 3. The largest absolute Gasteiger partial charge is 0.476 e. The maximum atomic E-state index is 10.4. The maximum absolute atomic E-state index is 10.4. The third-order valence-corrected chi connectivity index (χ3v) is 3.55. The van der Waals surface area contributed by atoms with Gasteiger partial charge in [0.1, 0.15) is 5.82 Å². The highest BCUT2D eigenvalue weighted by atomic mass is 16.5. The lowest BCUT2D eigenvalue weighted by Crippen LogP contribution is -2.38. The molecule has 1 saturated carbocycles. The van der Waals surface area contributed by atoms with E-state index in [1.54, 1.807) is 6.07 Å². The molecule has 1 fully saturated rings. The van der Waals surface area contributed by atoms with Crippen LogP contribution in [0.3, 0.4) is 0 Å². The summed E-state index contributed by atoms with van der Waals surface area (Å²) in [4.78, 5) is 4.31. The minimum absolute atomic E-state index is 0.447. The van der Waals surface area contributed by atoms with Gasteiger partial charge >= 0.3 is 0 Å². The highest BCUT2D eigenvalue weighted by Crippen LogP contribution is 2.28. The summed E-state index contributed by atoms with van der Waals surface area (Å²) in [5.41, 5.74) is 5.70. The van der Waals surface area contributed by atoms with Crippen LogP contribution in [0.2, 0.25) is 0 Å². The van der Waals surface area contributed by atoms with E-state index in [0.717, 1.165) is 25.7 Å². The summed E-state index contributed by atoms with van der Waals surface area (Å²) in [5, 5.41) is 13.6. The summed E-state index contributed by atoms with van der Waals surface area (Å²) < 4.78 is 5.36. The molecule has 0 amide bonds. The number of hydrogen-bond acceptors (Lipinski definition) is 5. The molecule has 1 heterocycles. The minimum atomic E-state index is -0.604. The zero-order valence-corrected chi connectivity index (χ0v) is 11.5. The minimum Gasteiger partial charge on any atom is -0.476 e. The van der Waals surface area contributed by atoms with Gasteiger partial charge in [-0.15, -0.1) is 0 Å². The lowest BCUT2D eigenvalue weighted by molar-refractivity contribution is 0.0166. The Morgan fingerprint density at radius 1 is 1.37 bits per heavy atom. The molecule has 1 aromatic rings. The Bertz CT molecular complexity index is 417. The second-order valence-electron chi connectivity index (χ2n) is 5.16. The normalized spacial score (nSPS) is 18.0. The van der Waals surface area contributed by atoms with Crippen molar-refractivity contribution in [2.24, 2.45) is 0 Å². The Labute approximate surface area is 114 Å². The Morgan fingerprint density at radius 2 is 2.11 bits per heavy atom. The quantitative estimate of drug-likeness (QED) is 0.760. The second-order valence-corrected chi connectivity index (χ2v) is 5.16. The molecule has 2 rings (SSSR count). The number of aliphatic hydroxyl groups is 1. The van der Waals surface area contributed by atoms with E-state index >= 15 is 0 Å². The van der Waals surface area contributed by atoms with E-state index in [0.29, 0.717) is 30.5 Å². The van der Waals surface area contributed by atoms with Crippen LogP contribution in [0.4, 0.5) is 11.5 Å². The van der Waals surface area contributed by atoms with Gasteiger partial charge in [-0.2, -0.15) is 4.98 Å². The Balaban J connectivity index is 1.97. The smallest absolute Gasteiger partial charge is 0.239 e. The molecule has 0 radical (unpaired) electrons. The van der Waals surface area contributed by atoms with Gasteiger partial charge in [-0.05, 0) is 31.9 Å². The molecule has 106 valence electrons. The summed E-state index contributed by atoms with van der Waals surface area (Å²) in [5.74, 6) is 1.14. The number of nitrogen functional groups attached to an aromatic ring is 1. The van der Waals surface area contributed by atoms with E-state index in [9.17, 15) is 5.11 Å². The van der Waals surface area contributed by atoms with Crippen LogP contribution in [0.5, 0.6) is 5.88 Å². The van der Waals surface area contributed by atoms with Crippen LogP contribution in [0.25, 0.3) is 0 Å². The van der Waals surface area contributed by atoms with Crippen molar-refractivity contribution in [2.45, 2.75) is 44.6 Å². The standard InChI is InChI=1S/C14H23N3O2/c1-2-19-13-11(15)6-7-12(17-13)16-10-14(18)8-4-3-5-9-14/h6-7,18H,2-5,8-10,15H2,1H3,(H,16,17). The lowest BCUT2D eigenvalue weighted by Gasteiger charge is -2.32. The molecule has 4 N–H and O–H groups in total. The van der Waals surface area contributed by atoms with Crippen LogP contribution in [0.15, 0.2) is 12.1 Å². The number of aromatic nitrogens is 1. The first kappa shape index (κ1) is 13.9. The van der Waals surface area contributed by atoms with Crippen molar-refractivity contribution < 1.29 is 9.84 Å². The molecule has 5 nitrogen and oxygen atoms in total. The van der Waals surface area contributed by atoms with E-state index < -0.39 is 5.60 Å². The van der Waals surface area contributed by atoms with E-state index in [2.05, 4.69) is 10.3 Å². The molecule has 0 aromatic carbocycles. The number of ether oxygens (including phenoxy) is 1. The Hall–Kier alpha value is -1.49. The fourth-order valence-electron chi connectivity index (χ4n) is 2.44. The van der Waals surface area contributed by atoms with Gasteiger partial charge in [0, 0.05) is 6.54 Å². The first-order valence-electron chi connectivity index (χ1n) is 6.98. The highest BCUT2D eigenvalue weighted by Gasteiger charge is 2.28. The average molecular weight is 265 g/mol. The van der Waals surface area contributed by atoms with Gasteiger partial charge < -0.3 is 20.9 Å². The molecular formula is C14H23N3O2. The van der Waals surface area contributed by atoms with Crippen molar-refractivity contribution in [1.82, 2.24) is 4.98 Å². The third kappa shape index (κ3) is 3.73. The van der Waals surface area contributed by atoms with E-state index in [1.807, 2.05) is 13.0 Å². The van der Waals surface area contributed by atoms with Crippen LogP contribution in [0.1, 0.15) is 39.0 Å². The number of nitrogens with zero attached hydrogens (tertiary/aromatic N) is 1. The number of anilines is 2. The number of nitrogens with one attached hydrogen (secondary N) is 1. The molecule has 0 spiro atoms. The van der Waals surface area contributed by atoms with E-state index in [-0.39, 0.29) is 0 Å². The molecule has 0 unspecified atom stereocenters. The summed E-state index contributed by atoms with van der Waals surface area (Å²) in [7, 11) is 0. The number of rotatable bonds is 5. The summed E-state index contributed by atoms with van der Waals surface area (Å²) in [6, 6.07) is 3.58. The average Bonchev–Trinajstić information content (AvgIpc) is 2.41. The van der Waals surface area contributed by atoms with Crippen molar-refractivity contribution in [3.05, 3.63) is 12.1 Å². The van der Waals surface area contributed by atoms with E-state index in [4.69, 9.17) is 10.5 Å². The van der Waals surface area contributed by atoms with Gasteiger partial charge in [-0.3, -0.25) is 0 Å². The van der Waals surface area contributed by atoms with Crippen molar-refractivity contribution in [3.63, 3.8) is 0 Å². The van der Waals surface area contributed by atoms with Crippen LogP contribution in [-0.2, 0) is 0 Å². The van der Waals surface area contributed by atoms with Gasteiger partial charge in [0.2, 0.25) is 5.88 Å². The Kier molecular flexibility index (Phi) is 4.47. The van der Waals surface area contributed by atoms with Gasteiger partial charge in [0.15, 0.2) is 0 Å². The van der Waals surface area contributed by atoms with Crippen LogP contribution in [0, 0.1) is 0 Å². The van der Waals surface area contributed by atoms with Crippen LogP contribution in [-0.4, -0.2) is 28.8 Å². The fourth-order valence-corrected chi connectivity index (χ4v) is 2.44. The zero-order chi connectivity index (χ0) is 13.7. The topological polar surface area (TPSA) is 80.4 Å². The SMILES string of the molecule is CCOc1nc(NCC2(O)CCCCC2)ccc1N. The molecule has 0 aliphatic heterocycles. The predicted molar refractivity (Wildman–Crippen MR) is 76.3 cm³/mol. The molecule has 1 aliphatic carbocycles. The van der Waals surface area contributed by atoms with Crippen molar-refractivity contribution >= 4 is 11.5 Å². The van der Waals surface area contributed by atoms with E-state index in [1.165, 1.54) is 6.42 Å². The molecule has 5 heteroatoms. The first-order chi connectivity index (χ1) is 9.13. The number of pyridine rings is 1. The molecule has 0 saturated heterocycles. The van der Waals surface area contributed by atoms with Gasteiger partial charge in [-0.1, -0.05) is 19.3 Å². The fraction of sp³-hybridized carbons (Fsp3) is 0.643. The molecule has 1 aromatic heterocycles. The lowest BCUT2D eigenvalue weighted by atomic mass is 9.85. The zero-order valence-electron chi connectivity index (χ0n) is 11.5. The summed E-state index contributed by atoms with van der Waals surface area (Å²) >= 11 is 0. The van der Waals surface area contributed by atoms with Crippen molar-refractivity contribution in [3.8, 4) is 5.88 Å². The van der Waals surface area contributed by atoms with Gasteiger partial charge in [0.05, 0.1) is 17.9 Å². The highest BCUT2D eigenvalue weighted by molar-refractivity contribution is 5.53. The van der Waals surface area contributed by atoms with Crippen LogP contribution < -0.4 is 15.8 Å². The summed E-state index contributed by atoms with van der Waals surface area (Å²) in [6.07, 6.45) is 5.12. The van der Waals surface area contributed by atoms with Crippen molar-refractivity contribution in [1.29, 1.82) is 0 Å². The molecule has 19 heavy (non-hydrogen) atoms. The molecule has 0 atom stereocenters. The molecule has 0 bridgehead atoms. The maximum Gasteiger partial charge on any atom is 0.239 e. The van der Waals surface area contributed by atoms with Crippen LogP contribution >= 0.6 is 0 Å².